The molecule has 0 saturated carbocycles. The van der Waals surface area contributed by atoms with Gasteiger partial charge in [0.1, 0.15) is 0 Å². The van der Waals surface area contributed by atoms with Crippen molar-refractivity contribution in [2.24, 2.45) is 0 Å². The number of hydrogen-bond acceptors (Lipinski definition) is 3. The third-order valence-electron chi connectivity index (χ3n) is 4.31. The second-order valence-corrected chi connectivity index (χ2v) is 8.87. The predicted octanol–water partition coefficient (Wildman–Crippen LogP) is 4.48. The lowest BCUT2D eigenvalue weighted by atomic mass is 10.0. The molecule has 1 aliphatic heterocycles. The van der Waals surface area contributed by atoms with E-state index in [4.69, 9.17) is 11.6 Å². The number of sulfonamides is 1. The molecule has 3 rings (SSSR count). The van der Waals surface area contributed by atoms with Crippen molar-refractivity contribution in [3.63, 3.8) is 0 Å². The van der Waals surface area contributed by atoms with E-state index in [1.54, 1.807) is 36.4 Å². The number of benzene rings is 2. The maximum atomic E-state index is 12.5. The van der Waals surface area contributed by atoms with E-state index in [-0.39, 0.29) is 11.8 Å². The molecular weight excluding hydrogens is 386 g/mol. The normalized spacial score (nSPS) is 13.8. The van der Waals surface area contributed by atoms with Gasteiger partial charge in [-0.3, -0.25) is 4.31 Å². The molecule has 0 bridgehead atoms. The first-order valence-electron chi connectivity index (χ1n) is 8.86. The van der Waals surface area contributed by atoms with Crippen LogP contribution in [0.1, 0.15) is 25.3 Å². The third kappa shape index (κ3) is 4.73. The van der Waals surface area contributed by atoms with E-state index in [2.05, 4.69) is 10.6 Å². The Bertz CT molecular complexity index is 930. The topological polar surface area (TPSA) is 78.5 Å². The molecule has 2 amide bonds. The Morgan fingerprint density at radius 1 is 1.11 bits per heavy atom. The van der Waals surface area contributed by atoms with Gasteiger partial charge in [-0.15, -0.1) is 0 Å². The molecule has 1 heterocycles. The molecule has 0 atom stereocenters. The highest BCUT2D eigenvalue weighted by molar-refractivity contribution is 7.92. The monoisotopic (exact) mass is 407 g/mol. The fraction of sp³-hybridized carbons (Fsp3) is 0.316. The van der Waals surface area contributed by atoms with E-state index in [1.165, 1.54) is 4.31 Å². The molecule has 1 aliphatic rings. The second-order valence-electron chi connectivity index (χ2n) is 6.42. The molecule has 0 spiro atoms. The van der Waals surface area contributed by atoms with Gasteiger partial charge in [0.15, 0.2) is 0 Å². The highest BCUT2D eigenvalue weighted by atomic mass is 35.5. The maximum Gasteiger partial charge on any atom is 0.323 e. The minimum Gasteiger partial charge on any atom is -0.308 e. The van der Waals surface area contributed by atoms with Gasteiger partial charge in [0, 0.05) is 22.9 Å². The number of amides is 2. The van der Waals surface area contributed by atoms with Gasteiger partial charge in [0.05, 0.1) is 11.4 Å². The molecule has 2 aromatic rings. The van der Waals surface area contributed by atoms with Crippen LogP contribution in [0, 0.1) is 0 Å². The number of halogens is 1. The summed E-state index contributed by atoms with van der Waals surface area (Å²) in [4.78, 5) is 12.2. The summed E-state index contributed by atoms with van der Waals surface area (Å²) in [5, 5.41) is 6.11. The first kappa shape index (κ1) is 19.5. The summed E-state index contributed by atoms with van der Waals surface area (Å²) in [5.74, 6) is 0.135. The van der Waals surface area contributed by atoms with Crippen LogP contribution >= 0.6 is 11.6 Å². The van der Waals surface area contributed by atoms with Crippen LogP contribution in [0.5, 0.6) is 0 Å². The summed E-state index contributed by atoms with van der Waals surface area (Å²) in [6.07, 6.45) is 2.12. The number of aryl methyl sites for hydroxylation is 1. The van der Waals surface area contributed by atoms with Gasteiger partial charge in [0.2, 0.25) is 10.0 Å². The molecule has 2 N–H and O–H groups in total. The van der Waals surface area contributed by atoms with E-state index in [0.717, 1.165) is 18.4 Å². The number of urea groups is 1. The Labute approximate surface area is 164 Å². The van der Waals surface area contributed by atoms with Crippen molar-refractivity contribution in [1.29, 1.82) is 0 Å². The zero-order valence-electron chi connectivity index (χ0n) is 15.0. The van der Waals surface area contributed by atoms with Crippen molar-refractivity contribution in [2.75, 3.05) is 27.2 Å². The van der Waals surface area contributed by atoms with Gasteiger partial charge in [-0.2, -0.15) is 0 Å². The van der Waals surface area contributed by atoms with Crippen molar-refractivity contribution in [2.45, 2.75) is 26.2 Å². The molecule has 6 nitrogen and oxygen atoms in total. The number of anilines is 3. The summed E-state index contributed by atoms with van der Waals surface area (Å²) in [5.41, 5.74) is 2.88. The predicted molar refractivity (Wildman–Crippen MR) is 110 cm³/mol. The van der Waals surface area contributed by atoms with Crippen LogP contribution in [0.15, 0.2) is 42.5 Å². The number of hydrogen-bond donors (Lipinski definition) is 2. The minimum absolute atomic E-state index is 0.135. The minimum atomic E-state index is -3.30. The SMILES string of the molecule is CCCS(=O)(=O)N1CCCc2cc(NC(=O)Nc3ccc(Cl)cc3)ccc21. The van der Waals surface area contributed by atoms with Gasteiger partial charge in [-0.25, -0.2) is 13.2 Å². The van der Waals surface area contributed by atoms with Crippen molar-refractivity contribution in [1.82, 2.24) is 0 Å². The molecule has 0 aliphatic carbocycles. The van der Waals surface area contributed by atoms with E-state index >= 15 is 0 Å². The summed E-state index contributed by atoms with van der Waals surface area (Å²) in [6.45, 7) is 2.36. The standard InChI is InChI=1S/C19H22ClN3O3S/c1-2-12-27(25,26)23-11-3-4-14-13-17(9-10-18(14)23)22-19(24)21-16-7-5-15(20)6-8-16/h5-10,13H,2-4,11-12H2,1H3,(H2,21,22,24). The Morgan fingerprint density at radius 3 is 2.48 bits per heavy atom. The van der Waals surface area contributed by atoms with Gasteiger partial charge in [-0.1, -0.05) is 18.5 Å². The van der Waals surface area contributed by atoms with Crippen molar-refractivity contribution < 1.29 is 13.2 Å². The van der Waals surface area contributed by atoms with Crippen molar-refractivity contribution in [3.05, 3.63) is 53.1 Å². The molecule has 0 fully saturated rings. The molecule has 0 aromatic heterocycles. The zero-order chi connectivity index (χ0) is 19.4. The van der Waals surface area contributed by atoms with Crippen molar-refractivity contribution >= 4 is 44.7 Å². The Balaban J connectivity index is 1.74. The summed E-state index contributed by atoms with van der Waals surface area (Å²) in [6, 6.07) is 11.8. The highest BCUT2D eigenvalue weighted by Crippen LogP contribution is 2.32. The third-order valence-corrected chi connectivity index (χ3v) is 6.54. The first-order chi connectivity index (χ1) is 12.9. The molecule has 27 heavy (non-hydrogen) atoms. The first-order valence-corrected chi connectivity index (χ1v) is 10.8. The van der Waals surface area contributed by atoms with Crippen LogP contribution in [0.3, 0.4) is 0 Å². The lowest BCUT2D eigenvalue weighted by Gasteiger charge is -2.30. The molecule has 0 radical (unpaired) electrons. The van der Waals surface area contributed by atoms with E-state index in [9.17, 15) is 13.2 Å². The second kappa shape index (κ2) is 8.19. The molecule has 2 aromatic carbocycles. The van der Waals surface area contributed by atoms with Gasteiger partial charge in [-0.05, 0) is 67.3 Å². The molecule has 144 valence electrons. The Morgan fingerprint density at radius 2 is 1.78 bits per heavy atom. The maximum absolute atomic E-state index is 12.5. The lowest BCUT2D eigenvalue weighted by molar-refractivity contribution is 0.262. The average Bonchev–Trinajstić information content (AvgIpc) is 2.63. The largest absolute Gasteiger partial charge is 0.323 e. The van der Waals surface area contributed by atoms with E-state index in [0.29, 0.717) is 35.1 Å². The number of rotatable bonds is 5. The van der Waals surface area contributed by atoms with Crippen molar-refractivity contribution in [3.8, 4) is 0 Å². The molecule has 0 saturated heterocycles. The molecule has 8 heteroatoms. The fourth-order valence-corrected chi connectivity index (χ4v) is 4.87. The number of carbonyl (C=O) groups is 1. The molecular formula is C19H22ClN3O3S. The summed E-state index contributed by atoms with van der Waals surface area (Å²) in [7, 11) is -3.30. The van der Waals surface area contributed by atoms with E-state index in [1.807, 2.05) is 13.0 Å². The zero-order valence-corrected chi connectivity index (χ0v) is 16.6. The Hall–Kier alpha value is -2.25. The van der Waals surface area contributed by atoms with Crippen LogP contribution in [0.4, 0.5) is 21.9 Å². The van der Waals surface area contributed by atoms with Crippen LogP contribution in [0.2, 0.25) is 5.02 Å². The van der Waals surface area contributed by atoms with Crippen LogP contribution < -0.4 is 14.9 Å². The van der Waals surface area contributed by atoms with Gasteiger partial charge in [0.25, 0.3) is 0 Å². The number of nitrogens with zero attached hydrogens (tertiary/aromatic N) is 1. The van der Waals surface area contributed by atoms with Crippen LogP contribution in [-0.4, -0.2) is 26.7 Å². The van der Waals surface area contributed by atoms with Gasteiger partial charge < -0.3 is 10.6 Å². The van der Waals surface area contributed by atoms with E-state index < -0.39 is 10.0 Å². The van der Waals surface area contributed by atoms with Gasteiger partial charge >= 0.3 is 6.03 Å². The molecule has 0 unspecified atom stereocenters. The smallest absolute Gasteiger partial charge is 0.308 e. The fourth-order valence-electron chi connectivity index (χ4n) is 3.12. The lowest BCUT2D eigenvalue weighted by Crippen LogP contribution is -2.37. The number of carbonyl (C=O) groups excluding carboxylic acids is 1. The number of fused-ring (bicyclic) bond motifs is 1. The Kier molecular flexibility index (Phi) is 5.92. The van der Waals surface area contributed by atoms with Crippen LogP contribution in [-0.2, 0) is 16.4 Å². The summed E-state index contributed by atoms with van der Waals surface area (Å²) >= 11 is 5.83. The number of nitrogens with one attached hydrogen (secondary N) is 2. The highest BCUT2D eigenvalue weighted by Gasteiger charge is 2.26. The quantitative estimate of drug-likeness (QED) is 0.767. The van der Waals surface area contributed by atoms with Crippen LogP contribution in [0.25, 0.3) is 0 Å². The average molecular weight is 408 g/mol. The summed E-state index contributed by atoms with van der Waals surface area (Å²) < 4.78 is 26.4.